The molecule has 0 aliphatic carbocycles. The number of halogens is 1. The van der Waals surface area contributed by atoms with Crippen molar-refractivity contribution in [1.29, 1.82) is 0 Å². The second-order valence-corrected chi connectivity index (χ2v) is 7.67. The number of carbonyl (C=O) groups excluding carboxylic acids is 1. The molecule has 7 heteroatoms. The Labute approximate surface area is 122 Å². The first-order valence-corrected chi connectivity index (χ1v) is 8.37. The number of hydrogen-bond donors (Lipinski definition) is 1. The van der Waals surface area contributed by atoms with E-state index in [-0.39, 0.29) is 30.3 Å². The Kier molecular flexibility index (Phi) is 7.32. The topological polar surface area (TPSA) is 66.5 Å². The summed E-state index contributed by atoms with van der Waals surface area (Å²) in [6.07, 6.45) is 3.10. The molecule has 1 aliphatic rings. The molecule has 1 aliphatic heterocycles. The molecule has 0 radical (unpaired) electrons. The molecular weight excluding hydrogens is 288 g/mol. The van der Waals surface area contributed by atoms with E-state index in [1.807, 2.05) is 0 Å². The minimum absolute atomic E-state index is 0. The molecule has 5 nitrogen and oxygen atoms in total. The quantitative estimate of drug-likeness (QED) is 0.829. The van der Waals surface area contributed by atoms with E-state index in [1.165, 1.54) is 6.26 Å². The van der Waals surface area contributed by atoms with E-state index in [4.69, 9.17) is 0 Å². The molecule has 0 aromatic rings. The van der Waals surface area contributed by atoms with E-state index in [9.17, 15) is 13.2 Å². The average molecular weight is 313 g/mol. The van der Waals surface area contributed by atoms with Crippen LogP contribution in [0.25, 0.3) is 0 Å². The van der Waals surface area contributed by atoms with Crippen LogP contribution in [0.5, 0.6) is 0 Å². The van der Waals surface area contributed by atoms with Crippen LogP contribution in [0.3, 0.4) is 0 Å². The molecule has 1 saturated heterocycles. The largest absolute Gasteiger partial charge is 0.341 e. The van der Waals surface area contributed by atoms with Gasteiger partial charge in [0.05, 0.1) is 11.2 Å². The third kappa shape index (κ3) is 4.93. The predicted molar refractivity (Wildman–Crippen MR) is 79.4 cm³/mol. The monoisotopic (exact) mass is 312 g/mol. The summed E-state index contributed by atoms with van der Waals surface area (Å²) in [6, 6.07) is -0.297. The smallest absolute Gasteiger partial charge is 0.226 e. The first-order valence-electron chi connectivity index (χ1n) is 6.41. The highest BCUT2D eigenvalue weighted by atomic mass is 35.5. The molecule has 0 aromatic heterocycles. The van der Waals surface area contributed by atoms with Crippen LogP contribution < -0.4 is 5.32 Å². The number of amides is 1. The normalized spacial score (nSPS) is 23.1. The van der Waals surface area contributed by atoms with Gasteiger partial charge in [0, 0.05) is 25.9 Å². The van der Waals surface area contributed by atoms with Gasteiger partial charge in [-0.1, -0.05) is 0 Å². The van der Waals surface area contributed by atoms with Crippen LogP contribution in [0.2, 0.25) is 0 Å². The Balaban J connectivity index is 0.00000324. The molecule has 0 spiro atoms. The fraction of sp³-hybridized carbons (Fsp3) is 0.917. The fourth-order valence-electron chi connectivity index (χ4n) is 2.22. The molecule has 1 heterocycles. The van der Waals surface area contributed by atoms with Gasteiger partial charge in [0.15, 0.2) is 9.84 Å². The van der Waals surface area contributed by atoms with Crippen molar-refractivity contribution in [3.63, 3.8) is 0 Å². The van der Waals surface area contributed by atoms with Gasteiger partial charge >= 0.3 is 0 Å². The van der Waals surface area contributed by atoms with Gasteiger partial charge in [-0.3, -0.25) is 4.79 Å². The second kappa shape index (κ2) is 7.45. The van der Waals surface area contributed by atoms with Crippen molar-refractivity contribution in [2.24, 2.45) is 5.92 Å². The van der Waals surface area contributed by atoms with Crippen LogP contribution in [0.4, 0.5) is 0 Å². The van der Waals surface area contributed by atoms with Crippen molar-refractivity contribution in [3.05, 3.63) is 0 Å². The van der Waals surface area contributed by atoms with Crippen molar-refractivity contribution in [2.75, 3.05) is 26.4 Å². The van der Waals surface area contributed by atoms with Gasteiger partial charge in [-0.15, -0.1) is 12.4 Å². The fourth-order valence-corrected chi connectivity index (χ4v) is 3.12. The zero-order valence-corrected chi connectivity index (χ0v) is 13.7. The lowest BCUT2D eigenvalue weighted by molar-refractivity contribution is -0.136. The number of nitrogens with zero attached hydrogens (tertiary/aromatic N) is 1. The Morgan fingerprint density at radius 2 is 1.95 bits per heavy atom. The molecule has 0 saturated carbocycles. The summed E-state index contributed by atoms with van der Waals surface area (Å²) in [5.41, 5.74) is 0. The molecule has 0 bridgehead atoms. The SMILES string of the molecule is CC(C(C)S(C)(=O)=O)N(C)C(=O)C1CCCNC1.Cl. The van der Waals surface area contributed by atoms with E-state index in [2.05, 4.69) is 5.32 Å². The molecule has 1 amide bonds. The highest BCUT2D eigenvalue weighted by Crippen LogP contribution is 2.17. The summed E-state index contributed by atoms with van der Waals surface area (Å²) in [5.74, 6) is 0.0307. The molecule has 1 N–H and O–H groups in total. The summed E-state index contributed by atoms with van der Waals surface area (Å²) < 4.78 is 23.1. The van der Waals surface area contributed by atoms with Gasteiger partial charge in [0.2, 0.25) is 5.91 Å². The van der Waals surface area contributed by atoms with E-state index >= 15 is 0 Å². The molecule has 3 unspecified atom stereocenters. The first kappa shape index (κ1) is 18.7. The number of carbonyl (C=O) groups is 1. The Morgan fingerprint density at radius 1 is 1.37 bits per heavy atom. The average Bonchev–Trinajstić information content (AvgIpc) is 2.35. The summed E-state index contributed by atoms with van der Waals surface area (Å²) in [4.78, 5) is 13.8. The number of rotatable bonds is 4. The van der Waals surface area contributed by atoms with Gasteiger partial charge in [0.1, 0.15) is 0 Å². The molecule has 1 rings (SSSR count). The Morgan fingerprint density at radius 3 is 2.37 bits per heavy atom. The van der Waals surface area contributed by atoms with Crippen molar-refractivity contribution < 1.29 is 13.2 Å². The molecule has 3 atom stereocenters. The summed E-state index contributed by atoms with van der Waals surface area (Å²) in [7, 11) is -1.42. The zero-order chi connectivity index (χ0) is 13.9. The molecular formula is C12H25ClN2O3S. The highest BCUT2D eigenvalue weighted by molar-refractivity contribution is 7.91. The molecule has 114 valence electrons. The summed E-state index contributed by atoms with van der Waals surface area (Å²) in [6.45, 7) is 5.11. The van der Waals surface area contributed by atoms with Gasteiger partial charge < -0.3 is 10.2 Å². The van der Waals surface area contributed by atoms with Crippen molar-refractivity contribution >= 4 is 28.2 Å². The Hall–Kier alpha value is -0.330. The predicted octanol–water partition coefficient (Wildman–Crippen LogP) is 0.688. The van der Waals surface area contributed by atoms with E-state index in [1.54, 1.807) is 25.8 Å². The molecule has 19 heavy (non-hydrogen) atoms. The number of piperidine rings is 1. The van der Waals surface area contributed by atoms with Gasteiger partial charge in [-0.2, -0.15) is 0 Å². The lowest BCUT2D eigenvalue weighted by Gasteiger charge is -2.33. The van der Waals surface area contributed by atoms with Crippen LogP contribution >= 0.6 is 12.4 Å². The van der Waals surface area contributed by atoms with Crippen LogP contribution in [0.1, 0.15) is 26.7 Å². The zero-order valence-electron chi connectivity index (χ0n) is 12.0. The second-order valence-electron chi connectivity index (χ2n) is 5.27. The van der Waals surface area contributed by atoms with Crippen LogP contribution in [0, 0.1) is 5.92 Å². The number of nitrogens with one attached hydrogen (secondary N) is 1. The first-order chi connectivity index (χ1) is 8.25. The minimum Gasteiger partial charge on any atom is -0.341 e. The van der Waals surface area contributed by atoms with Crippen LogP contribution in [-0.2, 0) is 14.6 Å². The lowest BCUT2D eigenvalue weighted by atomic mass is 9.97. The maximum absolute atomic E-state index is 12.3. The van der Waals surface area contributed by atoms with E-state index < -0.39 is 15.1 Å². The van der Waals surface area contributed by atoms with Crippen molar-refractivity contribution in [1.82, 2.24) is 10.2 Å². The minimum atomic E-state index is -3.12. The molecule has 1 fully saturated rings. The van der Waals surface area contributed by atoms with E-state index in [0.717, 1.165) is 19.4 Å². The number of hydrogen-bond acceptors (Lipinski definition) is 4. The highest BCUT2D eigenvalue weighted by Gasteiger charge is 2.31. The van der Waals surface area contributed by atoms with Gasteiger partial charge in [-0.25, -0.2) is 8.42 Å². The summed E-state index contributed by atoms with van der Waals surface area (Å²) >= 11 is 0. The third-order valence-electron chi connectivity index (χ3n) is 3.96. The third-order valence-corrected chi connectivity index (χ3v) is 5.70. The molecule has 0 aromatic carbocycles. The number of sulfone groups is 1. The maximum atomic E-state index is 12.3. The summed E-state index contributed by atoms with van der Waals surface area (Å²) in [5, 5.41) is 2.66. The Bertz CT molecular complexity index is 394. The standard InChI is InChI=1S/C12H24N2O3S.ClH/c1-9(10(2)18(4,16)17)14(3)12(15)11-6-5-7-13-8-11;/h9-11,13H,5-8H2,1-4H3;1H. The van der Waals surface area contributed by atoms with Crippen LogP contribution in [0.15, 0.2) is 0 Å². The maximum Gasteiger partial charge on any atom is 0.226 e. The van der Waals surface area contributed by atoms with Crippen molar-refractivity contribution in [2.45, 2.75) is 38.0 Å². The van der Waals surface area contributed by atoms with Crippen LogP contribution in [-0.4, -0.2) is 56.9 Å². The van der Waals surface area contributed by atoms with Gasteiger partial charge in [0.25, 0.3) is 0 Å². The van der Waals surface area contributed by atoms with E-state index in [0.29, 0.717) is 6.54 Å². The lowest BCUT2D eigenvalue weighted by Crippen LogP contribution is -2.49. The van der Waals surface area contributed by atoms with Crippen molar-refractivity contribution in [3.8, 4) is 0 Å². The van der Waals surface area contributed by atoms with Gasteiger partial charge in [-0.05, 0) is 33.2 Å².